The number of hydrogen-bond acceptors (Lipinski definition) is 4. The summed E-state index contributed by atoms with van der Waals surface area (Å²) in [5, 5.41) is 12.8. The van der Waals surface area contributed by atoms with E-state index in [4.69, 9.17) is 0 Å². The number of hydrogen-bond donors (Lipinski definition) is 2. The van der Waals surface area contributed by atoms with Gasteiger partial charge in [-0.05, 0) is 55.4 Å². The topological polar surface area (TPSA) is 76.7 Å². The molecule has 0 bridgehead atoms. The number of H-pyrrole nitrogens is 1. The molecule has 0 aliphatic carbocycles. The molecule has 2 aromatic carbocycles. The first-order valence-corrected chi connectivity index (χ1v) is 9.34. The number of aromatic nitrogens is 3. The minimum absolute atomic E-state index is 0.0702. The molecule has 5 nitrogen and oxygen atoms in total. The lowest BCUT2D eigenvalue weighted by atomic mass is 10.2. The quantitative estimate of drug-likeness (QED) is 0.536. The molecule has 4 aromatic rings. The van der Waals surface area contributed by atoms with Crippen LogP contribution in [0.25, 0.3) is 21.8 Å². The van der Waals surface area contributed by atoms with E-state index in [2.05, 4.69) is 20.5 Å². The Labute approximate surface area is 148 Å². The Kier molecular flexibility index (Phi) is 4.07. The van der Waals surface area contributed by atoms with Gasteiger partial charge in [-0.15, -0.1) is 0 Å². The summed E-state index contributed by atoms with van der Waals surface area (Å²) in [6.07, 6.45) is 1.76. The minimum Gasteiger partial charge on any atom is -0.611 e. The number of nitrogens with zero attached hydrogens (tertiary/aromatic N) is 2. The van der Waals surface area contributed by atoms with E-state index in [1.807, 2.05) is 62.4 Å². The van der Waals surface area contributed by atoms with Crippen molar-refractivity contribution in [1.29, 1.82) is 0 Å². The van der Waals surface area contributed by atoms with E-state index in [0.717, 1.165) is 38.2 Å². The Morgan fingerprint density at radius 2 is 1.92 bits per heavy atom. The maximum atomic E-state index is 12.4. The van der Waals surface area contributed by atoms with Crippen molar-refractivity contribution in [3.8, 4) is 0 Å². The van der Waals surface area contributed by atoms with Crippen LogP contribution in [-0.2, 0) is 11.2 Å². The van der Waals surface area contributed by atoms with E-state index < -0.39 is 11.2 Å². The molecule has 1 atom stereocenters. The second-order valence-electron chi connectivity index (χ2n) is 6.13. The second kappa shape index (κ2) is 6.38. The maximum absolute atomic E-state index is 12.4. The summed E-state index contributed by atoms with van der Waals surface area (Å²) in [4.78, 5) is 5.22. The van der Waals surface area contributed by atoms with Crippen LogP contribution in [0.5, 0.6) is 0 Å². The van der Waals surface area contributed by atoms with Crippen LogP contribution in [0.4, 0.5) is 11.5 Å². The Bertz CT molecular complexity index is 1040. The van der Waals surface area contributed by atoms with Crippen molar-refractivity contribution in [2.75, 3.05) is 5.32 Å². The molecular weight excluding hydrogens is 332 g/mol. The molecule has 0 fully saturated rings. The van der Waals surface area contributed by atoms with Crippen LogP contribution in [0.2, 0.25) is 0 Å². The van der Waals surface area contributed by atoms with E-state index in [-0.39, 0.29) is 5.25 Å². The fourth-order valence-corrected chi connectivity index (χ4v) is 3.80. The molecule has 2 heterocycles. The van der Waals surface area contributed by atoms with E-state index in [1.54, 1.807) is 6.20 Å². The number of nitrogens with one attached hydrogen (secondary N) is 2. The molecule has 0 aliphatic rings. The lowest BCUT2D eigenvalue weighted by Gasteiger charge is -2.15. The van der Waals surface area contributed by atoms with E-state index >= 15 is 0 Å². The van der Waals surface area contributed by atoms with Gasteiger partial charge in [0.05, 0.1) is 16.7 Å². The highest BCUT2D eigenvalue weighted by Crippen LogP contribution is 2.30. The molecule has 25 heavy (non-hydrogen) atoms. The van der Waals surface area contributed by atoms with Gasteiger partial charge in [0, 0.05) is 23.0 Å². The third kappa shape index (κ3) is 2.94. The smallest absolute Gasteiger partial charge is 0.160 e. The molecule has 2 N–H and O–H groups in total. The zero-order valence-corrected chi connectivity index (χ0v) is 14.8. The van der Waals surface area contributed by atoms with E-state index in [9.17, 15) is 4.55 Å². The molecule has 6 heteroatoms. The summed E-state index contributed by atoms with van der Waals surface area (Å²) < 4.78 is 12.4. The summed E-state index contributed by atoms with van der Waals surface area (Å²) in [7, 11) is 0. The van der Waals surface area contributed by atoms with Gasteiger partial charge in [0.2, 0.25) is 0 Å². The van der Waals surface area contributed by atoms with Crippen LogP contribution in [0.15, 0.2) is 59.6 Å². The molecule has 0 saturated carbocycles. The van der Waals surface area contributed by atoms with Gasteiger partial charge in [0.25, 0.3) is 0 Å². The van der Waals surface area contributed by atoms with Crippen molar-refractivity contribution in [3.05, 3.63) is 54.7 Å². The third-order valence-corrected chi connectivity index (χ3v) is 5.67. The monoisotopic (exact) mass is 350 g/mol. The van der Waals surface area contributed by atoms with E-state index in [1.165, 1.54) is 0 Å². The van der Waals surface area contributed by atoms with Gasteiger partial charge >= 0.3 is 0 Å². The average molecular weight is 350 g/mol. The Balaban J connectivity index is 1.79. The number of aromatic amines is 1. The molecule has 4 rings (SSSR count). The van der Waals surface area contributed by atoms with Crippen molar-refractivity contribution in [3.63, 3.8) is 0 Å². The van der Waals surface area contributed by atoms with Gasteiger partial charge in [-0.25, -0.2) is 0 Å². The SMILES string of the molecule is CC(C)[S+]([O-])c1ccc2nccc(Nc3n[nH]c4ccccc34)c2c1. The van der Waals surface area contributed by atoms with Gasteiger partial charge in [-0.3, -0.25) is 10.1 Å². The largest absolute Gasteiger partial charge is 0.611 e. The third-order valence-electron chi connectivity index (χ3n) is 4.10. The second-order valence-corrected chi connectivity index (χ2v) is 8.14. The predicted molar refractivity (Wildman–Crippen MR) is 103 cm³/mol. The summed E-state index contributed by atoms with van der Waals surface area (Å²) in [6.45, 7) is 3.91. The first-order valence-electron chi connectivity index (χ1n) is 8.13. The molecule has 2 aromatic heterocycles. The Morgan fingerprint density at radius 1 is 1.08 bits per heavy atom. The zero-order valence-electron chi connectivity index (χ0n) is 14.0. The Hall–Kier alpha value is -2.57. The first-order chi connectivity index (χ1) is 12.1. The van der Waals surface area contributed by atoms with Crippen molar-refractivity contribution < 1.29 is 4.55 Å². The van der Waals surface area contributed by atoms with Gasteiger partial charge in [-0.2, -0.15) is 5.10 Å². The molecule has 0 amide bonds. The van der Waals surface area contributed by atoms with Gasteiger partial charge < -0.3 is 9.87 Å². The van der Waals surface area contributed by atoms with Crippen molar-refractivity contribution in [2.24, 2.45) is 0 Å². The molecule has 0 spiro atoms. The molecule has 0 radical (unpaired) electrons. The zero-order chi connectivity index (χ0) is 17.4. The molecule has 126 valence electrons. The number of rotatable bonds is 4. The van der Waals surface area contributed by atoms with E-state index in [0.29, 0.717) is 0 Å². The number of pyridine rings is 1. The van der Waals surface area contributed by atoms with Crippen LogP contribution < -0.4 is 5.32 Å². The van der Waals surface area contributed by atoms with Gasteiger partial charge in [0.15, 0.2) is 10.7 Å². The number of fused-ring (bicyclic) bond motifs is 2. The van der Waals surface area contributed by atoms with Crippen LogP contribution in [0, 0.1) is 0 Å². The first kappa shape index (κ1) is 15.9. The summed E-state index contributed by atoms with van der Waals surface area (Å²) >= 11 is -1.04. The lowest BCUT2D eigenvalue weighted by molar-refractivity contribution is 0.586. The molecule has 1 unspecified atom stereocenters. The highest BCUT2D eigenvalue weighted by Gasteiger charge is 2.17. The van der Waals surface area contributed by atoms with Crippen LogP contribution >= 0.6 is 0 Å². The van der Waals surface area contributed by atoms with Crippen LogP contribution in [0.1, 0.15) is 13.8 Å². The number of para-hydroxylation sites is 1. The van der Waals surface area contributed by atoms with Crippen LogP contribution in [0.3, 0.4) is 0 Å². The van der Waals surface area contributed by atoms with Crippen molar-refractivity contribution >= 4 is 44.5 Å². The van der Waals surface area contributed by atoms with Crippen molar-refractivity contribution in [2.45, 2.75) is 24.0 Å². The fourth-order valence-electron chi connectivity index (χ4n) is 2.82. The molecule has 0 saturated heterocycles. The van der Waals surface area contributed by atoms with Crippen LogP contribution in [-0.4, -0.2) is 25.0 Å². The molecule has 0 aliphatic heterocycles. The minimum atomic E-state index is -1.04. The van der Waals surface area contributed by atoms with Gasteiger partial charge in [0.1, 0.15) is 5.25 Å². The summed E-state index contributed by atoms with van der Waals surface area (Å²) in [5.74, 6) is 0.762. The number of anilines is 2. The predicted octanol–water partition coefficient (Wildman–Crippen LogP) is 4.37. The summed E-state index contributed by atoms with van der Waals surface area (Å²) in [6, 6.07) is 15.6. The van der Waals surface area contributed by atoms with Crippen molar-refractivity contribution in [1.82, 2.24) is 15.2 Å². The number of benzene rings is 2. The lowest BCUT2D eigenvalue weighted by Crippen LogP contribution is -2.13. The fraction of sp³-hybridized carbons (Fsp3) is 0.158. The highest BCUT2D eigenvalue weighted by atomic mass is 32.2. The summed E-state index contributed by atoms with van der Waals surface area (Å²) in [5.41, 5.74) is 2.73. The Morgan fingerprint density at radius 3 is 2.76 bits per heavy atom. The maximum Gasteiger partial charge on any atom is 0.160 e. The van der Waals surface area contributed by atoms with Gasteiger partial charge in [-0.1, -0.05) is 12.1 Å². The molecular formula is C19H18N4OS. The highest BCUT2D eigenvalue weighted by molar-refractivity contribution is 7.92. The average Bonchev–Trinajstić information content (AvgIpc) is 3.04. The normalized spacial score (nSPS) is 12.8. The standard InChI is InChI=1S/C19H18N4OS/c1-12(2)25(24)13-7-8-16-15(11-13)17(9-10-20-16)21-19-14-5-3-4-6-18(14)22-23-19/h3-12H,1-2H3,(H2,20,21,22,23).